The van der Waals surface area contributed by atoms with Crippen LogP contribution in [-0.2, 0) is 31.3 Å². The molecule has 40 heavy (non-hydrogen) atoms. The van der Waals surface area contributed by atoms with Gasteiger partial charge in [-0.05, 0) is 42.6 Å². The maximum absolute atomic E-state index is 11.0. The number of hydrogen-bond donors (Lipinski definition) is 1. The molecule has 0 spiro atoms. The van der Waals surface area contributed by atoms with E-state index in [2.05, 4.69) is 75.1 Å². The number of thiophene rings is 1. The van der Waals surface area contributed by atoms with Crippen molar-refractivity contribution in [1.29, 1.82) is 0 Å². The smallest absolute Gasteiger partial charge is 0.208 e. The minimum absolute atomic E-state index is 0. The molecule has 0 aliphatic carbocycles. The fourth-order valence-electron chi connectivity index (χ4n) is 4.62. The van der Waals surface area contributed by atoms with E-state index in [9.17, 15) is 9.90 Å². The SMILES string of the molecule is CC(C)C(=O)/C=C(\O)C(C)C.CN1B(c2nccc3c2sc2cc(CC(C)(C)C)ccc23)[N-]c2ccccc21.[Ir]. The van der Waals surface area contributed by atoms with E-state index in [1.807, 2.05) is 51.3 Å². The zero-order valence-electron chi connectivity index (χ0n) is 24.7. The van der Waals surface area contributed by atoms with Crippen LogP contribution in [0.2, 0.25) is 0 Å². The first kappa shape index (κ1) is 31.9. The fraction of sp³-hybridized carbons (Fsp3) is 0.375. The van der Waals surface area contributed by atoms with Gasteiger partial charge in [-0.2, -0.15) is 0 Å². The van der Waals surface area contributed by atoms with Gasteiger partial charge in [-0.25, -0.2) is 0 Å². The number of anilines is 1. The Morgan fingerprint density at radius 2 is 1.77 bits per heavy atom. The third kappa shape index (κ3) is 7.15. The summed E-state index contributed by atoms with van der Waals surface area (Å²) in [6, 6.07) is 17.4. The summed E-state index contributed by atoms with van der Waals surface area (Å²) in [5.74, 6) is 0.161. The van der Waals surface area contributed by atoms with Crippen LogP contribution in [0.3, 0.4) is 0 Å². The van der Waals surface area contributed by atoms with Crippen molar-refractivity contribution < 1.29 is 30.0 Å². The molecule has 1 aliphatic heterocycles. The zero-order valence-corrected chi connectivity index (χ0v) is 27.9. The second-order valence-corrected chi connectivity index (χ2v) is 13.2. The first-order valence-corrected chi connectivity index (χ1v) is 14.4. The van der Waals surface area contributed by atoms with E-state index < -0.39 is 0 Å². The minimum Gasteiger partial charge on any atom is -0.682 e. The number of aromatic nitrogens is 1. The van der Waals surface area contributed by atoms with Gasteiger partial charge >= 0.3 is 0 Å². The van der Waals surface area contributed by atoms with Gasteiger partial charge in [-0.1, -0.05) is 78.8 Å². The maximum atomic E-state index is 11.0. The number of para-hydroxylation sites is 1. The number of aliphatic hydroxyl groups is 1. The van der Waals surface area contributed by atoms with Crippen LogP contribution in [0.15, 0.2) is 66.6 Å². The number of hydrogen-bond acceptors (Lipinski definition) is 5. The standard InChI is InChI=1S/C23H23BN3S.C9H16O2.Ir/c1-23(2,3)14-15-9-10-16-17-11-12-25-22(21(17)28-20(16)13-15)24-26-18-7-5-6-8-19(18)27(24)4;1-6(2)8(10)5-9(11)7(3)4;/h5-13H,14H2,1-4H3;5-7,10H,1-4H3;/q-1;;/b;8-5-;. The Balaban J connectivity index is 0.000000316. The van der Waals surface area contributed by atoms with Crippen molar-refractivity contribution in [3.8, 4) is 0 Å². The van der Waals surface area contributed by atoms with Crippen LogP contribution in [0.25, 0.3) is 25.4 Å². The topological polar surface area (TPSA) is 67.5 Å². The first-order chi connectivity index (χ1) is 18.4. The molecule has 2 aromatic heterocycles. The van der Waals surface area contributed by atoms with Gasteiger partial charge in [0.15, 0.2) is 5.78 Å². The number of aliphatic hydroxyl groups excluding tert-OH is 1. The van der Waals surface area contributed by atoms with Crippen molar-refractivity contribution in [2.24, 2.45) is 17.3 Å². The van der Waals surface area contributed by atoms with Gasteiger partial charge in [0.05, 0.1) is 5.76 Å². The third-order valence-corrected chi connectivity index (χ3v) is 7.99. The van der Waals surface area contributed by atoms with Crippen molar-refractivity contribution in [2.75, 3.05) is 11.9 Å². The van der Waals surface area contributed by atoms with Crippen molar-refractivity contribution >= 4 is 61.2 Å². The van der Waals surface area contributed by atoms with Crippen LogP contribution in [0, 0.1) is 17.3 Å². The molecule has 1 aliphatic rings. The largest absolute Gasteiger partial charge is 0.682 e. The molecular formula is C32H39BIrN3O2S-. The van der Waals surface area contributed by atoms with Crippen LogP contribution in [0.1, 0.15) is 54.0 Å². The van der Waals surface area contributed by atoms with E-state index in [0.29, 0.717) is 0 Å². The van der Waals surface area contributed by atoms with Gasteiger partial charge in [0.25, 0.3) is 0 Å². The number of fused-ring (bicyclic) bond motifs is 4. The van der Waals surface area contributed by atoms with E-state index in [0.717, 1.165) is 17.7 Å². The molecule has 0 unspecified atom stereocenters. The average Bonchev–Trinajstić information content (AvgIpc) is 3.40. The number of rotatable bonds is 5. The summed E-state index contributed by atoms with van der Waals surface area (Å²) in [5.41, 5.74) is 4.95. The Labute approximate surface area is 256 Å². The maximum Gasteiger partial charge on any atom is 0.208 e. The zero-order chi connectivity index (χ0) is 28.5. The molecule has 2 aromatic carbocycles. The van der Waals surface area contributed by atoms with E-state index in [1.54, 1.807) is 0 Å². The molecule has 1 N–H and O–H groups in total. The number of pyridine rings is 1. The summed E-state index contributed by atoms with van der Waals surface area (Å²) in [6.45, 7) is 14.1. The van der Waals surface area contributed by atoms with Crippen LogP contribution in [0.5, 0.6) is 0 Å². The number of carbonyl (C=O) groups excluding carboxylic acids is 1. The van der Waals surface area contributed by atoms with E-state index in [1.165, 1.54) is 37.5 Å². The summed E-state index contributed by atoms with van der Waals surface area (Å²) in [7, 11) is 2.11. The normalized spacial score (nSPS) is 13.3. The Bertz CT molecular complexity index is 1520. The summed E-state index contributed by atoms with van der Waals surface area (Å²) in [6.07, 6.45) is 4.33. The van der Waals surface area contributed by atoms with E-state index >= 15 is 0 Å². The van der Waals surface area contributed by atoms with Gasteiger partial charge < -0.3 is 15.1 Å². The summed E-state index contributed by atoms with van der Waals surface area (Å²) in [4.78, 5) is 18.0. The monoisotopic (exact) mass is 733 g/mol. The van der Waals surface area contributed by atoms with Gasteiger partial charge in [0.2, 0.25) is 6.98 Å². The molecule has 5 nitrogen and oxygen atoms in total. The third-order valence-electron chi connectivity index (χ3n) is 6.80. The molecule has 3 heterocycles. The molecular weight excluding hydrogens is 693 g/mol. The molecule has 0 saturated heterocycles. The Kier molecular flexibility index (Phi) is 10.3. The number of ketones is 1. The van der Waals surface area contributed by atoms with Crippen molar-refractivity contribution in [2.45, 2.75) is 54.9 Å². The summed E-state index contributed by atoms with van der Waals surface area (Å²) < 4.78 is 2.59. The van der Waals surface area contributed by atoms with Gasteiger partial charge in [-0.3, -0.25) is 9.78 Å². The predicted octanol–water partition coefficient (Wildman–Crippen LogP) is 8.20. The Hall–Kier alpha value is -2.67. The van der Waals surface area contributed by atoms with E-state index in [4.69, 9.17) is 10.2 Å². The minimum atomic E-state index is -0.0665. The number of carbonyl (C=O) groups is 1. The molecule has 213 valence electrons. The van der Waals surface area contributed by atoms with Crippen molar-refractivity contribution in [3.63, 3.8) is 0 Å². The van der Waals surface area contributed by atoms with Crippen LogP contribution >= 0.6 is 11.3 Å². The molecule has 8 heteroatoms. The molecule has 0 amide bonds. The molecule has 0 fully saturated rings. The Morgan fingerprint density at radius 3 is 2.40 bits per heavy atom. The average molecular weight is 733 g/mol. The first-order valence-electron chi connectivity index (χ1n) is 13.6. The van der Waals surface area contributed by atoms with Crippen LogP contribution in [-0.4, -0.2) is 29.9 Å². The van der Waals surface area contributed by atoms with Crippen molar-refractivity contribution in [1.82, 2.24) is 4.98 Å². The van der Waals surface area contributed by atoms with Crippen LogP contribution < -0.4 is 10.4 Å². The van der Waals surface area contributed by atoms with Crippen molar-refractivity contribution in [3.05, 3.63) is 77.4 Å². The molecule has 4 aromatic rings. The molecule has 0 bridgehead atoms. The summed E-state index contributed by atoms with van der Waals surface area (Å²) in [5, 5.41) is 16.7. The molecule has 0 saturated carbocycles. The predicted molar refractivity (Wildman–Crippen MR) is 169 cm³/mol. The molecule has 0 atom stereocenters. The second-order valence-electron chi connectivity index (χ2n) is 12.1. The fourth-order valence-corrected chi connectivity index (χ4v) is 5.89. The number of nitrogens with zero attached hydrogens (tertiary/aromatic N) is 3. The second kappa shape index (κ2) is 12.9. The summed E-state index contributed by atoms with van der Waals surface area (Å²) >= 11 is 1.85. The van der Waals surface area contributed by atoms with E-state index in [-0.39, 0.29) is 55.9 Å². The van der Waals surface area contributed by atoms with Gasteiger partial charge in [-0.15, -0.1) is 17.0 Å². The van der Waals surface area contributed by atoms with Gasteiger partial charge in [0, 0.05) is 75.7 Å². The Morgan fingerprint density at radius 1 is 1.07 bits per heavy atom. The molecule has 5 rings (SSSR count). The number of benzene rings is 2. The molecule has 1 radical (unpaired) electrons. The quantitative estimate of drug-likeness (QED) is 0.128. The number of allylic oxidation sites excluding steroid dienone is 2. The van der Waals surface area contributed by atoms with Crippen LogP contribution in [0.4, 0.5) is 11.4 Å². The van der Waals surface area contributed by atoms with Gasteiger partial charge in [0.1, 0.15) is 0 Å².